The van der Waals surface area contributed by atoms with E-state index in [1.807, 2.05) is 30.3 Å². The molecule has 1 N–H and O–H groups in total. The first kappa shape index (κ1) is 23.4. The van der Waals surface area contributed by atoms with E-state index in [2.05, 4.69) is 40.8 Å². The third-order valence-electron chi connectivity index (χ3n) is 7.27. The Morgan fingerprint density at radius 3 is 2.23 bits per heavy atom. The molecule has 3 heterocycles. The van der Waals surface area contributed by atoms with E-state index in [1.54, 1.807) is 0 Å². The summed E-state index contributed by atoms with van der Waals surface area (Å²) in [5, 5.41) is 11.2. The van der Waals surface area contributed by atoms with E-state index in [0.717, 1.165) is 18.4 Å². The largest absolute Gasteiger partial charge is 0.408 e. The minimum Gasteiger partial charge on any atom is -0.408 e. The first-order chi connectivity index (χ1) is 14.6. The van der Waals surface area contributed by atoms with Gasteiger partial charge in [-0.3, -0.25) is 0 Å². The summed E-state index contributed by atoms with van der Waals surface area (Å²) in [6, 6.07) is 10.0. The molecule has 1 saturated carbocycles. The van der Waals surface area contributed by atoms with E-state index in [4.69, 9.17) is 23.4 Å². The number of aliphatic hydroxyl groups is 1. The highest BCUT2D eigenvalue weighted by molar-refractivity contribution is 6.74. The van der Waals surface area contributed by atoms with Gasteiger partial charge >= 0.3 is 0 Å². The summed E-state index contributed by atoms with van der Waals surface area (Å²) in [4.78, 5) is 0. The standard InChI is InChI=1S/C24H38O6Si/c1-7-8-14-24-27-18-17(25)19(28-24)22(30-31(5,6)23(2,3)4)21(29-24)20(18)26-15-16-12-10-9-11-13-16/h9-13,17-22,25H,7-8,14-15H2,1-6H3/t17-,18-,19+,20+,21-,22+,24?/m1/s1. The minimum absolute atomic E-state index is 0.0312. The van der Waals surface area contributed by atoms with Crippen LogP contribution in [0.15, 0.2) is 30.3 Å². The maximum Gasteiger partial charge on any atom is 0.284 e. The van der Waals surface area contributed by atoms with Gasteiger partial charge in [-0.25, -0.2) is 0 Å². The molecule has 5 rings (SSSR count). The second kappa shape index (κ2) is 8.52. The van der Waals surface area contributed by atoms with Gasteiger partial charge in [0.15, 0.2) is 8.32 Å². The van der Waals surface area contributed by atoms with Crippen molar-refractivity contribution in [2.75, 3.05) is 0 Å². The molecule has 7 heteroatoms. The average molecular weight is 451 g/mol. The molecule has 4 aliphatic rings. The third kappa shape index (κ3) is 4.38. The zero-order chi connectivity index (χ0) is 22.4. The molecule has 1 unspecified atom stereocenters. The van der Waals surface area contributed by atoms with Crippen LogP contribution in [0.5, 0.6) is 0 Å². The molecule has 6 nitrogen and oxygen atoms in total. The molecule has 3 saturated heterocycles. The molecule has 174 valence electrons. The Morgan fingerprint density at radius 2 is 1.61 bits per heavy atom. The third-order valence-corrected chi connectivity index (χ3v) is 11.7. The molecule has 0 aromatic heterocycles. The van der Waals surface area contributed by atoms with Crippen LogP contribution in [0.3, 0.4) is 0 Å². The fourth-order valence-corrected chi connectivity index (χ4v) is 5.73. The second-order valence-corrected chi connectivity index (χ2v) is 15.4. The Hall–Kier alpha value is -0.803. The normalized spacial score (nSPS) is 37.4. The highest BCUT2D eigenvalue weighted by atomic mass is 28.4. The zero-order valence-corrected chi connectivity index (χ0v) is 20.7. The van der Waals surface area contributed by atoms with Crippen LogP contribution in [0.4, 0.5) is 0 Å². The van der Waals surface area contributed by atoms with Crippen molar-refractivity contribution >= 4 is 8.32 Å². The molecular weight excluding hydrogens is 412 g/mol. The first-order valence-electron chi connectivity index (χ1n) is 11.6. The summed E-state index contributed by atoms with van der Waals surface area (Å²) in [5.74, 6) is -1.10. The molecule has 31 heavy (non-hydrogen) atoms. The van der Waals surface area contributed by atoms with Gasteiger partial charge in [0.2, 0.25) is 0 Å². The van der Waals surface area contributed by atoms with Gasteiger partial charge < -0.3 is 28.5 Å². The lowest BCUT2D eigenvalue weighted by molar-refractivity contribution is -0.540. The maximum absolute atomic E-state index is 11.2. The molecule has 0 amide bonds. The van der Waals surface area contributed by atoms with Crippen molar-refractivity contribution in [1.82, 2.24) is 0 Å². The fourth-order valence-electron chi connectivity index (χ4n) is 4.43. The minimum atomic E-state index is -2.13. The predicted molar refractivity (Wildman–Crippen MR) is 120 cm³/mol. The first-order valence-corrected chi connectivity index (χ1v) is 14.5. The Kier molecular flexibility index (Phi) is 6.42. The highest BCUT2D eigenvalue weighted by Gasteiger charge is 2.68. The zero-order valence-electron chi connectivity index (χ0n) is 19.7. The fraction of sp³-hybridized carbons (Fsp3) is 0.750. The van der Waals surface area contributed by atoms with Gasteiger partial charge in [0.05, 0.1) is 6.61 Å². The smallest absolute Gasteiger partial charge is 0.284 e. The van der Waals surface area contributed by atoms with Gasteiger partial charge in [0, 0.05) is 6.42 Å². The van der Waals surface area contributed by atoms with Crippen molar-refractivity contribution in [2.45, 2.75) is 114 Å². The SMILES string of the molecule is CCCCC12O[C@@H]3[C@@H](OCc4ccccc4)[C@H](O1)[C@@H](O)[C@H](O2)[C@@H]3O[Si](C)(C)C(C)(C)C. The summed E-state index contributed by atoms with van der Waals surface area (Å²) in [6.45, 7) is 13.6. The number of ether oxygens (including phenoxy) is 4. The van der Waals surface area contributed by atoms with Gasteiger partial charge in [-0.05, 0) is 30.1 Å². The van der Waals surface area contributed by atoms with Crippen molar-refractivity contribution in [1.29, 1.82) is 0 Å². The highest BCUT2D eigenvalue weighted by Crippen LogP contribution is 2.51. The molecule has 4 bridgehead atoms. The predicted octanol–water partition coefficient (Wildman–Crippen LogP) is 4.36. The van der Waals surface area contributed by atoms with Crippen LogP contribution >= 0.6 is 0 Å². The Labute approximate surface area is 187 Å². The number of benzene rings is 1. The summed E-state index contributed by atoms with van der Waals surface area (Å²) >= 11 is 0. The van der Waals surface area contributed by atoms with Gasteiger partial charge in [-0.15, -0.1) is 0 Å². The number of aliphatic hydroxyl groups excluding tert-OH is 1. The number of hydrogen-bond acceptors (Lipinski definition) is 6. The van der Waals surface area contributed by atoms with E-state index in [9.17, 15) is 5.11 Å². The van der Waals surface area contributed by atoms with Crippen LogP contribution in [0.25, 0.3) is 0 Å². The maximum atomic E-state index is 11.2. The van der Waals surface area contributed by atoms with Gasteiger partial charge in [0.25, 0.3) is 5.97 Å². The van der Waals surface area contributed by atoms with Gasteiger partial charge in [-0.1, -0.05) is 64.4 Å². The van der Waals surface area contributed by atoms with Crippen LogP contribution in [-0.2, 0) is 30.0 Å². The number of hydrogen-bond donors (Lipinski definition) is 1. The molecule has 0 radical (unpaired) electrons. The molecule has 3 aliphatic heterocycles. The van der Waals surface area contributed by atoms with Gasteiger partial charge in [-0.2, -0.15) is 0 Å². The summed E-state index contributed by atoms with van der Waals surface area (Å²) in [7, 11) is -2.13. The summed E-state index contributed by atoms with van der Waals surface area (Å²) < 4.78 is 32.0. The molecule has 1 aliphatic carbocycles. The van der Waals surface area contributed by atoms with Gasteiger partial charge in [0.1, 0.15) is 36.6 Å². The molecular formula is C24H38O6Si. The lowest BCUT2D eigenvalue weighted by atomic mass is 9.81. The van der Waals surface area contributed by atoms with Crippen molar-refractivity contribution in [2.24, 2.45) is 0 Å². The van der Waals surface area contributed by atoms with E-state index in [1.165, 1.54) is 0 Å². The molecule has 1 aromatic rings. The van der Waals surface area contributed by atoms with Crippen LogP contribution in [-0.4, -0.2) is 56.0 Å². The van der Waals surface area contributed by atoms with E-state index in [-0.39, 0.29) is 17.2 Å². The van der Waals surface area contributed by atoms with E-state index < -0.39 is 38.7 Å². The average Bonchev–Trinajstić information content (AvgIpc) is 2.72. The summed E-state index contributed by atoms with van der Waals surface area (Å²) in [6.07, 6.45) is -0.341. The Morgan fingerprint density at radius 1 is 1.00 bits per heavy atom. The van der Waals surface area contributed by atoms with Crippen molar-refractivity contribution < 1.29 is 28.5 Å². The van der Waals surface area contributed by atoms with Crippen LogP contribution in [0.1, 0.15) is 52.5 Å². The van der Waals surface area contributed by atoms with Crippen molar-refractivity contribution in [3.05, 3.63) is 35.9 Å². The Bertz CT molecular complexity index is 750. The van der Waals surface area contributed by atoms with Crippen molar-refractivity contribution in [3.63, 3.8) is 0 Å². The molecule has 4 fully saturated rings. The van der Waals surface area contributed by atoms with Crippen LogP contribution in [0, 0.1) is 0 Å². The second-order valence-electron chi connectivity index (χ2n) is 10.6. The lowest BCUT2D eigenvalue weighted by Crippen LogP contribution is -2.80. The van der Waals surface area contributed by atoms with E-state index >= 15 is 0 Å². The van der Waals surface area contributed by atoms with Crippen LogP contribution < -0.4 is 0 Å². The lowest BCUT2D eigenvalue weighted by Gasteiger charge is -2.63. The Balaban J connectivity index is 1.60. The quantitative estimate of drug-likeness (QED) is 0.594. The molecule has 7 atom stereocenters. The summed E-state index contributed by atoms with van der Waals surface area (Å²) in [5.41, 5.74) is 1.07. The number of unbranched alkanes of at least 4 members (excludes halogenated alkanes) is 1. The van der Waals surface area contributed by atoms with E-state index in [0.29, 0.717) is 13.0 Å². The molecule has 0 spiro atoms. The molecule has 1 aromatic carbocycles. The topological polar surface area (TPSA) is 66.4 Å². The number of rotatable bonds is 8. The monoisotopic (exact) mass is 450 g/mol. The van der Waals surface area contributed by atoms with Crippen molar-refractivity contribution in [3.8, 4) is 0 Å². The van der Waals surface area contributed by atoms with Crippen LogP contribution in [0.2, 0.25) is 18.1 Å².